The number of rotatable bonds is 11. The van der Waals surface area contributed by atoms with Crippen molar-refractivity contribution in [2.45, 2.75) is 79.1 Å². The molecule has 2 unspecified atom stereocenters. The first-order valence-corrected chi connectivity index (χ1v) is 31.4. The Morgan fingerprint density at radius 3 is 2.23 bits per heavy atom. The number of unbranched alkanes of at least 4 members (excludes halogenated alkanes) is 3. The van der Waals surface area contributed by atoms with Gasteiger partial charge in [0.2, 0.25) is 0 Å². The number of aryl methyl sites for hydroxylation is 1. The molecule has 0 bridgehead atoms. The minimum absolute atomic E-state index is 0.171. The summed E-state index contributed by atoms with van der Waals surface area (Å²) in [5.41, 5.74) is 10.9. The van der Waals surface area contributed by atoms with Crippen LogP contribution in [0.15, 0.2) is 78.4 Å². The molecule has 2 aliphatic carbocycles. The predicted octanol–water partition coefficient (Wildman–Crippen LogP) is 11.5. The monoisotopic (exact) mass is 651 g/mol. The molecule has 2 atom stereocenters. The van der Waals surface area contributed by atoms with Gasteiger partial charge in [-0.2, -0.15) is 0 Å². The third-order valence-electron chi connectivity index (χ3n) is 9.32. The molecule has 0 N–H and O–H groups in total. The molecular formula is C35H43Cl2SiZr. The van der Waals surface area contributed by atoms with Gasteiger partial charge in [0.25, 0.3) is 0 Å². The van der Waals surface area contributed by atoms with Crippen LogP contribution in [-0.2, 0) is 22.0 Å². The zero-order chi connectivity index (χ0) is 27.6. The molecule has 0 saturated carbocycles. The number of hydrogen-bond acceptors (Lipinski definition) is 0. The zero-order valence-electron chi connectivity index (χ0n) is 24.0. The average Bonchev–Trinajstić information content (AvgIpc) is 3.55. The fraction of sp³-hybridized carbons (Fsp3) is 0.371. The van der Waals surface area contributed by atoms with Gasteiger partial charge in [-0.1, -0.05) is 0 Å². The zero-order valence-corrected chi connectivity index (χ0v) is 29.1. The van der Waals surface area contributed by atoms with E-state index in [1.807, 2.05) is 0 Å². The Bertz CT molecular complexity index is 1390. The van der Waals surface area contributed by atoms with Crippen LogP contribution in [0.3, 0.4) is 0 Å². The first-order chi connectivity index (χ1) is 18.8. The first kappa shape index (κ1) is 29.3. The van der Waals surface area contributed by atoms with Crippen molar-refractivity contribution in [3.63, 3.8) is 0 Å². The summed E-state index contributed by atoms with van der Waals surface area (Å²) in [7, 11) is 16.7. The van der Waals surface area contributed by atoms with Crippen LogP contribution < -0.4 is 0 Å². The van der Waals surface area contributed by atoms with Gasteiger partial charge in [-0.15, -0.1) is 0 Å². The van der Waals surface area contributed by atoms with E-state index in [2.05, 4.69) is 112 Å². The van der Waals surface area contributed by atoms with Crippen molar-refractivity contribution >= 4 is 35.1 Å². The van der Waals surface area contributed by atoms with Crippen LogP contribution in [0.25, 0.3) is 23.3 Å². The Morgan fingerprint density at radius 2 is 1.51 bits per heavy atom. The fourth-order valence-corrected chi connectivity index (χ4v) is 36.5. The molecule has 0 aliphatic heterocycles. The Kier molecular flexibility index (Phi) is 9.00. The second kappa shape index (κ2) is 12.0. The first-order valence-electron chi connectivity index (χ1n) is 15.1. The standard InChI is InChI=1S/C24H29.C9H7.C2H7Si.2ClH.Zr/c1-3-5-6-7-10-20-17-22-11-8-12-23(24(22)18-20)21-15-13-19(9-4-2)14-16-21;1-2-5-9-7-3-6-8(9)4-1;1-3-2;;;/h8,11-18H,3-7,9-10H2,1-2H3;1-7H;3H,1-2H3;2*1H;/q;;;;;+2/p-2. The molecule has 0 spiro atoms. The van der Waals surface area contributed by atoms with Gasteiger partial charge in [-0.05, 0) is 0 Å². The van der Waals surface area contributed by atoms with E-state index in [0.29, 0.717) is 0 Å². The van der Waals surface area contributed by atoms with Crippen molar-refractivity contribution in [1.29, 1.82) is 0 Å². The summed E-state index contributed by atoms with van der Waals surface area (Å²) in [5.74, 6) is -1.48. The Labute approximate surface area is 245 Å². The molecule has 0 fully saturated rings. The van der Waals surface area contributed by atoms with Crippen LogP contribution in [0.5, 0.6) is 0 Å². The molecule has 39 heavy (non-hydrogen) atoms. The van der Waals surface area contributed by atoms with Gasteiger partial charge in [0.1, 0.15) is 0 Å². The van der Waals surface area contributed by atoms with Crippen molar-refractivity contribution in [3.05, 3.63) is 106 Å². The number of allylic oxidation sites excluding steroid dienone is 2. The maximum absolute atomic E-state index is 8.33. The van der Waals surface area contributed by atoms with Crippen LogP contribution in [0.2, 0.25) is 13.1 Å². The van der Waals surface area contributed by atoms with Gasteiger partial charge in [0, 0.05) is 0 Å². The molecule has 0 amide bonds. The summed E-state index contributed by atoms with van der Waals surface area (Å²) in [6, 6.07) is 24.9. The Hall–Kier alpha value is -1.18. The van der Waals surface area contributed by atoms with E-state index in [-0.39, 0.29) is 7.25 Å². The van der Waals surface area contributed by atoms with Gasteiger partial charge in [0.05, 0.1) is 0 Å². The second-order valence-electron chi connectivity index (χ2n) is 12.1. The average molecular weight is 654 g/mol. The molecule has 3 aromatic rings. The van der Waals surface area contributed by atoms with E-state index in [9.17, 15) is 0 Å². The summed E-state index contributed by atoms with van der Waals surface area (Å²) in [6.45, 7) is 9.40. The summed E-state index contributed by atoms with van der Waals surface area (Å²) in [4.78, 5) is 0. The van der Waals surface area contributed by atoms with Gasteiger partial charge in [-0.3, -0.25) is 0 Å². The second-order valence-corrected chi connectivity index (χ2v) is 54.7. The molecule has 0 aromatic heterocycles. The summed E-state index contributed by atoms with van der Waals surface area (Å²) in [6.07, 6.45) is 15.6. The van der Waals surface area contributed by atoms with E-state index in [4.69, 9.17) is 17.0 Å². The molecule has 205 valence electrons. The van der Waals surface area contributed by atoms with Gasteiger partial charge < -0.3 is 0 Å². The maximum atomic E-state index is 8.33. The normalized spacial score (nSPS) is 19.1. The summed E-state index contributed by atoms with van der Waals surface area (Å²) in [5, 5.41) is 0. The van der Waals surface area contributed by atoms with Gasteiger partial charge in [0.15, 0.2) is 0 Å². The fourth-order valence-electron chi connectivity index (χ4n) is 7.08. The number of halogens is 2. The predicted molar refractivity (Wildman–Crippen MR) is 174 cm³/mol. The molecule has 2 aliphatic rings. The van der Waals surface area contributed by atoms with Gasteiger partial charge in [-0.25, -0.2) is 0 Å². The van der Waals surface area contributed by atoms with E-state index in [0.717, 1.165) is 12.8 Å². The minimum atomic E-state index is -4.54. The van der Waals surface area contributed by atoms with E-state index in [1.54, 1.807) is 0 Å². The van der Waals surface area contributed by atoms with Gasteiger partial charge >= 0.3 is 247 Å². The summed E-state index contributed by atoms with van der Waals surface area (Å²) >= 11 is -4.54. The SMILES string of the molecule is CCCCCCC1=Cc2c(-c3ccc(CCC)cc3)cccc2[CH]1[Zr]([Cl])([Cl])([CH]1C=Cc2ccccc21)[SiH](C)C. The Balaban J connectivity index is 1.65. The third-order valence-corrected chi connectivity index (χ3v) is 61.3. The van der Waals surface area contributed by atoms with Crippen LogP contribution in [0.4, 0.5) is 0 Å². The van der Waals surface area contributed by atoms with E-state index < -0.39 is 21.5 Å². The van der Waals surface area contributed by atoms with Crippen LogP contribution in [0.1, 0.15) is 87.4 Å². The molecule has 0 saturated heterocycles. The van der Waals surface area contributed by atoms with Crippen molar-refractivity contribution < 1.29 is 15.6 Å². The van der Waals surface area contributed by atoms with Crippen LogP contribution >= 0.6 is 17.0 Å². The number of fused-ring (bicyclic) bond motifs is 2. The molecule has 0 nitrogen and oxygen atoms in total. The number of benzene rings is 3. The topological polar surface area (TPSA) is 0 Å². The van der Waals surface area contributed by atoms with Crippen molar-refractivity contribution in [3.8, 4) is 11.1 Å². The molecule has 5 rings (SSSR count). The molecule has 0 heterocycles. The van der Waals surface area contributed by atoms with Crippen LogP contribution in [0, 0.1) is 0 Å². The molecule has 0 radical (unpaired) electrons. The van der Waals surface area contributed by atoms with Crippen molar-refractivity contribution in [1.82, 2.24) is 0 Å². The number of hydrogen-bond donors (Lipinski definition) is 0. The van der Waals surface area contributed by atoms with Crippen LogP contribution in [-0.4, -0.2) is 5.92 Å². The van der Waals surface area contributed by atoms with E-state index in [1.165, 1.54) is 76.6 Å². The quantitative estimate of drug-likeness (QED) is 0.143. The summed E-state index contributed by atoms with van der Waals surface area (Å²) < 4.78 is 0.350. The van der Waals surface area contributed by atoms with Crippen molar-refractivity contribution in [2.75, 3.05) is 0 Å². The van der Waals surface area contributed by atoms with E-state index >= 15 is 0 Å². The molecule has 4 heteroatoms. The molecule has 3 aromatic carbocycles. The molecular weight excluding hydrogens is 611 g/mol. The van der Waals surface area contributed by atoms with Crippen molar-refractivity contribution in [2.24, 2.45) is 0 Å². The Morgan fingerprint density at radius 1 is 0.769 bits per heavy atom. The third kappa shape index (κ3) is 5.30.